The van der Waals surface area contributed by atoms with Crippen LogP contribution in [0.2, 0.25) is 0 Å². The maximum atomic E-state index is 13.0. The van der Waals surface area contributed by atoms with Gasteiger partial charge in [0.15, 0.2) is 11.5 Å². The minimum atomic E-state index is -1.05. The van der Waals surface area contributed by atoms with Crippen molar-refractivity contribution >= 4 is 11.9 Å². The average molecular weight is 330 g/mol. The summed E-state index contributed by atoms with van der Waals surface area (Å²) in [7, 11) is 0. The van der Waals surface area contributed by atoms with E-state index in [0.717, 1.165) is 18.4 Å². The van der Waals surface area contributed by atoms with Crippen LogP contribution in [0.4, 0.5) is 4.79 Å². The van der Waals surface area contributed by atoms with E-state index in [1.807, 2.05) is 6.07 Å². The molecule has 0 aromatic heterocycles. The van der Waals surface area contributed by atoms with Crippen LogP contribution in [0.1, 0.15) is 44.6 Å². The number of carbonyl (C=O) groups excluding carboxylic acids is 2. The zero-order valence-electron chi connectivity index (χ0n) is 13.8. The maximum absolute atomic E-state index is 13.0. The summed E-state index contributed by atoms with van der Waals surface area (Å²) < 4.78 is 10.7. The summed E-state index contributed by atoms with van der Waals surface area (Å²) in [6.07, 6.45) is 5.82. The molecule has 0 bridgehead atoms. The average Bonchev–Trinajstić information content (AvgIpc) is 3.14. The molecular weight excluding hydrogens is 308 g/mol. The van der Waals surface area contributed by atoms with Gasteiger partial charge in [-0.05, 0) is 43.4 Å². The number of benzene rings is 1. The van der Waals surface area contributed by atoms with E-state index in [1.165, 1.54) is 24.2 Å². The number of imide groups is 1. The lowest BCUT2D eigenvalue weighted by atomic mass is 9.88. The van der Waals surface area contributed by atoms with Crippen LogP contribution in [0.3, 0.4) is 0 Å². The van der Waals surface area contributed by atoms with Gasteiger partial charge in [0.05, 0.1) is 0 Å². The Morgan fingerprint density at radius 3 is 2.71 bits per heavy atom. The van der Waals surface area contributed by atoms with Crippen molar-refractivity contribution in [1.82, 2.24) is 10.2 Å². The van der Waals surface area contributed by atoms with Crippen LogP contribution >= 0.6 is 0 Å². The minimum Gasteiger partial charge on any atom is -0.454 e. The minimum absolute atomic E-state index is 0.183. The quantitative estimate of drug-likeness (QED) is 0.865. The summed E-state index contributed by atoms with van der Waals surface area (Å²) in [4.78, 5) is 26.8. The molecule has 3 aliphatic rings. The highest BCUT2D eigenvalue weighted by molar-refractivity contribution is 6.07. The number of amides is 3. The number of nitrogens with one attached hydrogen (secondary N) is 1. The fraction of sp³-hybridized carbons (Fsp3) is 0.556. The number of hydrogen-bond acceptors (Lipinski definition) is 4. The normalized spacial score (nSPS) is 26.8. The number of ether oxygens (including phenoxy) is 2. The summed E-state index contributed by atoms with van der Waals surface area (Å²) in [5.41, 5.74) is -0.330. The molecule has 2 aliphatic heterocycles. The first-order valence-corrected chi connectivity index (χ1v) is 8.62. The third kappa shape index (κ3) is 2.41. The molecule has 0 radical (unpaired) electrons. The van der Waals surface area contributed by atoms with Gasteiger partial charge in [-0.3, -0.25) is 9.69 Å². The van der Waals surface area contributed by atoms with E-state index >= 15 is 0 Å². The molecule has 1 aromatic carbocycles. The molecule has 1 aromatic rings. The third-order valence-electron chi connectivity index (χ3n) is 5.39. The lowest BCUT2D eigenvalue weighted by Gasteiger charge is -2.26. The molecule has 0 unspecified atom stereocenters. The van der Waals surface area contributed by atoms with Crippen molar-refractivity contribution in [3.8, 4) is 11.5 Å². The van der Waals surface area contributed by atoms with Gasteiger partial charge in [0.2, 0.25) is 6.79 Å². The fourth-order valence-electron chi connectivity index (χ4n) is 3.89. The SMILES string of the molecule is C[C@@]1(c2ccc3c(c2)OCO3)NC(=O)N(CC2CCCCC2)C1=O. The van der Waals surface area contributed by atoms with Gasteiger partial charge in [-0.2, -0.15) is 0 Å². The van der Waals surface area contributed by atoms with E-state index in [-0.39, 0.29) is 18.7 Å². The second kappa shape index (κ2) is 5.69. The van der Waals surface area contributed by atoms with Crippen LogP contribution < -0.4 is 14.8 Å². The number of fused-ring (bicyclic) bond motifs is 1. The fourth-order valence-corrected chi connectivity index (χ4v) is 3.89. The first-order valence-electron chi connectivity index (χ1n) is 8.62. The summed E-state index contributed by atoms with van der Waals surface area (Å²) in [6, 6.07) is 5.08. The zero-order valence-corrected chi connectivity index (χ0v) is 13.8. The number of hydrogen-bond donors (Lipinski definition) is 1. The van der Waals surface area contributed by atoms with Gasteiger partial charge in [0.1, 0.15) is 5.54 Å². The molecule has 1 atom stereocenters. The predicted octanol–water partition coefficient (Wildman–Crippen LogP) is 2.76. The molecule has 128 valence electrons. The zero-order chi connectivity index (χ0) is 16.7. The van der Waals surface area contributed by atoms with Gasteiger partial charge >= 0.3 is 6.03 Å². The standard InChI is InChI=1S/C18H22N2O4/c1-18(13-7-8-14-15(9-13)24-11-23-14)16(21)20(17(22)19-18)10-12-5-3-2-4-6-12/h7-9,12H,2-6,10-11H2,1H3,(H,19,22)/t18-/m0/s1. The highest BCUT2D eigenvalue weighted by atomic mass is 16.7. The topological polar surface area (TPSA) is 67.9 Å². The molecule has 2 fully saturated rings. The Kier molecular flexibility index (Phi) is 3.62. The van der Waals surface area contributed by atoms with Crippen molar-refractivity contribution in [1.29, 1.82) is 0 Å². The van der Waals surface area contributed by atoms with Gasteiger partial charge in [-0.25, -0.2) is 4.79 Å². The van der Waals surface area contributed by atoms with Gasteiger partial charge in [-0.15, -0.1) is 0 Å². The van der Waals surface area contributed by atoms with E-state index in [0.29, 0.717) is 24.0 Å². The van der Waals surface area contributed by atoms with Crippen LogP contribution in [0.5, 0.6) is 11.5 Å². The van der Waals surface area contributed by atoms with Gasteiger partial charge in [0.25, 0.3) is 5.91 Å². The van der Waals surface area contributed by atoms with Gasteiger partial charge in [0, 0.05) is 6.54 Å². The maximum Gasteiger partial charge on any atom is 0.325 e. The number of urea groups is 1. The molecule has 1 saturated heterocycles. The Balaban J connectivity index is 1.57. The first kappa shape index (κ1) is 15.3. The smallest absolute Gasteiger partial charge is 0.325 e. The second-order valence-electron chi connectivity index (χ2n) is 7.04. The van der Waals surface area contributed by atoms with Crippen LogP contribution in [-0.4, -0.2) is 30.2 Å². The van der Waals surface area contributed by atoms with Crippen LogP contribution in [0, 0.1) is 5.92 Å². The molecule has 6 heteroatoms. The van der Waals surface area contributed by atoms with E-state index in [9.17, 15) is 9.59 Å². The van der Waals surface area contributed by atoms with Crippen LogP contribution in [-0.2, 0) is 10.3 Å². The Bertz CT molecular complexity index is 684. The Hall–Kier alpha value is -2.24. The molecule has 4 rings (SSSR count). The lowest BCUT2D eigenvalue weighted by Crippen LogP contribution is -2.41. The molecule has 3 amide bonds. The van der Waals surface area contributed by atoms with Crippen LogP contribution in [0.25, 0.3) is 0 Å². The van der Waals surface area contributed by atoms with E-state index in [4.69, 9.17) is 9.47 Å². The summed E-state index contributed by atoms with van der Waals surface area (Å²) in [5.74, 6) is 1.52. The largest absolute Gasteiger partial charge is 0.454 e. The van der Waals surface area contributed by atoms with Crippen molar-refractivity contribution in [2.45, 2.75) is 44.6 Å². The highest BCUT2D eigenvalue weighted by Crippen LogP contribution is 2.38. The van der Waals surface area contributed by atoms with Crippen molar-refractivity contribution in [3.05, 3.63) is 23.8 Å². The molecule has 2 heterocycles. The lowest BCUT2D eigenvalue weighted by molar-refractivity contribution is -0.131. The molecular formula is C18H22N2O4. The van der Waals surface area contributed by atoms with Gasteiger partial charge in [-0.1, -0.05) is 25.3 Å². The number of nitrogens with zero attached hydrogens (tertiary/aromatic N) is 1. The highest BCUT2D eigenvalue weighted by Gasteiger charge is 2.49. The number of rotatable bonds is 3. The monoisotopic (exact) mass is 330 g/mol. The first-order chi connectivity index (χ1) is 11.6. The Morgan fingerprint density at radius 1 is 1.17 bits per heavy atom. The van der Waals surface area contributed by atoms with Crippen molar-refractivity contribution in [3.63, 3.8) is 0 Å². The van der Waals surface area contributed by atoms with E-state index in [1.54, 1.807) is 19.1 Å². The Labute approximate surface area is 141 Å². The van der Waals surface area contributed by atoms with E-state index in [2.05, 4.69) is 5.32 Å². The van der Waals surface area contributed by atoms with Gasteiger partial charge < -0.3 is 14.8 Å². The van der Waals surface area contributed by atoms with Crippen molar-refractivity contribution in [2.75, 3.05) is 13.3 Å². The summed E-state index contributed by atoms with van der Waals surface area (Å²) in [5, 5.41) is 2.87. The van der Waals surface area contributed by atoms with Crippen molar-refractivity contribution < 1.29 is 19.1 Å². The predicted molar refractivity (Wildman–Crippen MR) is 86.7 cm³/mol. The molecule has 1 aliphatic carbocycles. The molecule has 24 heavy (non-hydrogen) atoms. The molecule has 1 N–H and O–H groups in total. The summed E-state index contributed by atoms with van der Waals surface area (Å²) >= 11 is 0. The number of carbonyl (C=O) groups is 2. The Morgan fingerprint density at radius 2 is 1.92 bits per heavy atom. The molecule has 6 nitrogen and oxygen atoms in total. The second-order valence-corrected chi connectivity index (χ2v) is 7.04. The third-order valence-corrected chi connectivity index (χ3v) is 5.39. The molecule has 0 spiro atoms. The molecule has 1 saturated carbocycles. The van der Waals surface area contributed by atoms with Crippen LogP contribution in [0.15, 0.2) is 18.2 Å². The van der Waals surface area contributed by atoms with E-state index < -0.39 is 5.54 Å². The summed E-state index contributed by atoms with van der Waals surface area (Å²) in [6.45, 7) is 2.46. The van der Waals surface area contributed by atoms with Crippen molar-refractivity contribution in [2.24, 2.45) is 5.92 Å².